The first kappa shape index (κ1) is 24.6. The van der Waals surface area contributed by atoms with E-state index in [2.05, 4.69) is 10.2 Å². The highest BCUT2D eigenvalue weighted by Gasteiger charge is 2.43. The van der Waals surface area contributed by atoms with Crippen molar-refractivity contribution in [2.24, 2.45) is 5.92 Å². The number of furan rings is 1. The van der Waals surface area contributed by atoms with Gasteiger partial charge in [-0.25, -0.2) is 0 Å². The van der Waals surface area contributed by atoms with E-state index < -0.39 is 17.7 Å². The molecule has 0 aliphatic carbocycles. The maximum absolute atomic E-state index is 13.4. The van der Waals surface area contributed by atoms with Crippen LogP contribution in [0.4, 0.5) is 18.9 Å². The number of hydrogen-bond donors (Lipinski definition) is 1. The molecule has 2 saturated heterocycles. The quantitative estimate of drug-likeness (QED) is 0.671. The van der Waals surface area contributed by atoms with Gasteiger partial charge in [-0.15, -0.1) is 0 Å². The predicted octanol–water partition coefficient (Wildman–Crippen LogP) is 2.25. The van der Waals surface area contributed by atoms with Crippen molar-refractivity contribution in [3.63, 3.8) is 0 Å². The molecule has 5 rings (SSSR count). The van der Waals surface area contributed by atoms with Crippen LogP contribution in [-0.4, -0.2) is 86.7 Å². The molecule has 0 bridgehead atoms. The van der Waals surface area contributed by atoms with Gasteiger partial charge in [0.1, 0.15) is 0 Å². The van der Waals surface area contributed by atoms with Crippen LogP contribution in [-0.2, 0) is 22.1 Å². The fourth-order valence-corrected chi connectivity index (χ4v) is 5.33. The summed E-state index contributed by atoms with van der Waals surface area (Å²) < 4.78 is 50.8. The lowest BCUT2D eigenvalue weighted by atomic mass is 9.82. The van der Waals surface area contributed by atoms with Crippen molar-refractivity contribution < 1.29 is 31.9 Å². The summed E-state index contributed by atoms with van der Waals surface area (Å²) in [6.45, 7) is 5.09. The molecule has 0 unspecified atom stereocenters. The van der Waals surface area contributed by atoms with Gasteiger partial charge >= 0.3 is 6.18 Å². The average Bonchev–Trinajstić information content (AvgIpc) is 3.42. The number of carbonyl (C=O) groups is 2. The molecule has 11 heteroatoms. The van der Waals surface area contributed by atoms with Crippen LogP contribution in [0.2, 0.25) is 0 Å². The van der Waals surface area contributed by atoms with Crippen molar-refractivity contribution in [1.82, 2.24) is 15.1 Å². The van der Waals surface area contributed by atoms with E-state index in [1.54, 1.807) is 17.0 Å². The lowest BCUT2D eigenvalue weighted by Crippen LogP contribution is -2.62. The summed E-state index contributed by atoms with van der Waals surface area (Å²) in [5.74, 6) is -0.850. The van der Waals surface area contributed by atoms with E-state index >= 15 is 0 Å². The highest BCUT2D eigenvalue weighted by Crippen LogP contribution is 2.40. The molecule has 2 aromatic rings. The molecule has 3 aliphatic heterocycles. The molecule has 2 fully saturated rings. The smallest absolute Gasteiger partial charge is 0.416 e. The lowest BCUT2D eigenvalue weighted by Gasteiger charge is -2.49. The number of ether oxygens (including phenoxy) is 1. The summed E-state index contributed by atoms with van der Waals surface area (Å²) in [6.07, 6.45) is -2.86. The van der Waals surface area contributed by atoms with Crippen LogP contribution in [0.5, 0.6) is 0 Å². The molecule has 2 atom stereocenters. The van der Waals surface area contributed by atoms with Crippen LogP contribution < -0.4 is 10.2 Å². The number of carbonyl (C=O) groups excluding carboxylic acids is 2. The molecule has 1 N–H and O–H groups in total. The van der Waals surface area contributed by atoms with E-state index in [0.717, 1.165) is 25.2 Å². The van der Waals surface area contributed by atoms with Gasteiger partial charge < -0.3 is 24.3 Å². The number of anilines is 1. The molecule has 1 aromatic heterocycles. The third-order valence-corrected chi connectivity index (χ3v) is 7.23. The molecule has 36 heavy (non-hydrogen) atoms. The Kier molecular flexibility index (Phi) is 6.94. The molecule has 194 valence electrons. The van der Waals surface area contributed by atoms with Crippen LogP contribution in [0.25, 0.3) is 0 Å². The maximum atomic E-state index is 13.4. The normalized spacial score (nSPS) is 22.6. The van der Waals surface area contributed by atoms with Gasteiger partial charge in [0.15, 0.2) is 5.76 Å². The van der Waals surface area contributed by atoms with Crippen LogP contribution in [0.1, 0.15) is 21.7 Å². The van der Waals surface area contributed by atoms with Crippen LogP contribution in [0.15, 0.2) is 41.0 Å². The second-order valence-corrected chi connectivity index (χ2v) is 9.39. The van der Waals surface area contributed by atoms with E-state index in [9.17, 15) is 22.8 Å². The standard InChI is InChI=1S/C25H29F3N4O4/c26-25(27,28)18-3-4-20-17(14-18)15-19(23(33)29-5-6-30-9-12-35-13-10-30)21-16-31(7-8-32(20)21)24(34)22-2-1-11-36-22/h1-4,11,14,19,21H,5-10,12-13,15-16H2,(H,29,33)/t19-,21+/m0/s1. The van der Waals surface area contributed by atoms with Gasteiger partial charge in [0, 0.05) is 51.5 Å². The summed E-state index contributed by atoms with van der Waals surface area (Å²) in [7, 11) is 0. The van der Waals surface area contributed by atoms with Gasteiger partial charge in [-0.2, -0.15) is 13.2 Å². The van der Waals surface area contributed by atoms with Gasteiger partial charge in [-0.05, 0) is 42.3 Å². The van der Waals surface area contributed by atoms with Gasteiger partial charge in [-0.1, -0.05) is 0 Å². The Bertz CT molecular complexity index is 1090. The molecule has 2 amide bonds. The van der Waals surface area contributed by atoms with E-state index in [4.69, 9.17) is 9.15 Å². The second-order valence-electron chi connectivity index (χ2n) is 9.39. The van der Waals surface area contributed by atoms with Crippen LogP contribution in [0.3, 0.4) is 0 Å². The Morgan fingerprint density at radius 2 is 1.89 bits per heavy atom. The summed E-state index contributed by atoms with van der Waals surface area (Å²) in [6, 6.07) is 6.61. The second kappa shape index (κ2) is 10.1. The number of nitrogens with zero attached hydrogens (tertiary/aromatic N) is 3. The molecule has 4 heterocycles. The first-order chi connectivity index (χ1) is 17.3. The minimum absolute atomic E-state index is 0.173. The van der Waals surface area contributed by atoms with Gasteiger partial charge in [0.2, 0.25) is 5.91 Å². The molecule has 3 aliphatic rings. The van der Waals surface area contributed by atoms with E-state index in [0.29, 0.717) is 50.6 Å². The van der Waals surface area contributed by atoms with Crippen molar-refractivity contribution in [3.05, 3.63) is 53.5 Å². The number of halogens is 3. The number of amides is 2. The number of hydrogen-bond acceptors (Lipinski definition) is 6. The Hall–Kier alpha value is -3.05. The number of rotatable bonds is 5. The molecule has 0 saturated carbocycles. The molecular weight excluding hydrogens is 477 g/mol. The zero-order valence-electron chi connectivity index (χ0n) is 19.8. The van der Waals surface area contributed by atoms with Crippen molar-refractivity contribution in [2.45, 2.75) is 18.6 Å². The zero-order chi connectivity index (χ0) is 25.3. The topological polar surface area (TPSA) is 78.3 Å². The fraction of sp³-hybridized carbons (Fsp3) is 0.520. The van der Waals surface area contributed by atoms with E-state index in [1.807, 2.05) is 4.90 Å². The third kappa shape index (κ3) is 5.08. The van der Waals surface area contributed by atoms with Crippen molar-refractivity contribution in [3.8, 4) is 0 Å². The van der Waals surface area contributed by atoms with Crippen LogP contribution in [0, 0.1) is 5.92 Å². The number of piperazine rings is 1. The minimum Gasteiger partial charge on any atom is -0.459 e. The number of morpholine rings is 1. The number of fused-ring (bicyclic) bond motifs is 3. The fourth-order valence-electron chi connectivity index (χ4n) is 5.33. The summed E-state index contributed by atoms with van der Waals surface area (Å²) in [5.41, 5.74) is 0.466. The predicted molar refractivity (Wildman–Crippen MR) is 125 cm³/mol. The first-order valence-electron chi connectivity index (χ1n) is 12.2. The minimum atomic E-state index is -4.46. The molecule has 0 radical (unpaired) electrons. The summed E-state index contributed by atoms with van der Waals surface area (Å²) in [5, 5.41) is 2.99. The first-order valence-corrected chi connectivity index (χ1v) is 12.2. The average molecular weight is 507 g/mol. The number of nitrogens with one attached hydrogen (secondary N) is 1. The molecule has 1 aromatic carbocycles. The SMILES string of the molecule is O=C(NCCN1CCOCC1)[C@H]1Cc2cc(C(F)(F)F)ccc2N2CCN(C(=O)c3ccco3)C[C@H]12. The lowest BCUT2D eigenvalue weighted by molar-refractivity contribution is -0.137. The largest absolute Gasteiger partial charge is 0.459 e. The maximum Gasteiger partial charge on any atom is 0.416 e. The van der Waals surface area contributed by atoms with E-state index in [-0.39, 0.29) is 36.6 Å². The monoisotopic (exact) mass is 506 g/mol. The Balaban J connectivity index is 1.36. The van der Waals surface area contributed by atoms with Crippen molar-refractivity contribution in [1.29, 1.82) is 0 Å². The van der Waals surface area contributed by atoms with Gasteiger partial charge in [0.05, 0.1) is 37.0 Å². The zero-order valence-corrected chi connectivity index (χ0v) is 19.8. The van der Waals surface area contributed by atoms with Gasteiger partial charge in [-0.3, -0.25) is 14.5 Å². The molecule has 0 spiro atoms. The molecule has 8 nitrogen and oxygen atoms in total. The van der Waals surface area contributed by atoms with Crippen LogP contribution >= 0.6 is 0 Å². The third-order valence-electron chi connectivity index (χ3n) is 7.23. The summed E-state index contributed by atoms with van der Waals surface area (Å²) >= 11 is 0. The summed E-state index contributed by atoms with van der Waals surface area (Å²) in [4.78, 5) is 32.1. The molecular formula is C25H29F3N4O4. The van der Waals surface area contributed by atoms with Crippen molar-refractivity contribution >= 4 is 17.5 Å². The Morgan fingerprint density at radius 3 is 2.61 bits per heavy atom. The van der Waals surface area contributed by atoms with Crippen molar-refractivity contribution in [2.75, 3.05) is 63.9 Å². The van der Waals surface area contributed by atoms with Gasteiger partial charge in [0.25, 0.3) is 5.91 Å². The Morgan fingerprint density at radius 1 is 1.08 bits per heavy atom. The number of benzene rings is 1. The Labute approximate surface area is 207 Å². The highest BCUT2D eigenvalue weighted by atomic mass is 19.4. The highest BCUT2D eigenvalue weighted by molar-refractivity contribution is 5.92. The van der Waals surface area contributed by atoms with E-state index in [1.165, 1.54) is 12.3 Å². The number of alkyl halides is 3.